The molecular formula is C17H21N9O. The zero-order valence-electron chi connectivity index (χ0n) is 15.3. The summed E-state index contributed by atoms with van der Waals surface area (Å²) in [6.45, 7) is 6.50. The van der Waals surface area contributed by atoms with Crippen LogP contribution in [0.3, 0.4) is 0 Å². The van der Waals surface area contributed by atoms with Crippen molar-refractivity contribution in [3.63, 3.8) is 0 Å². The average Bonchev–Trinajstić information content (AvgIpc) is 3.24. The van der Waals surface area contributed by atoms with E-state index in [4.69, 9.17) is 0 Å². The summed E-state index contributed by atoms with van der Waals surface area (Å²) in [6, 6.07) is 3.87. The van der Waals surface area contributed by atoms with Crippen LogP contribution in [-0.4, -0.2) is 60.1 Å². The summed E-state index contributed by atoms with van der Waals surface area (Å²) in [5.74, 6) is 1.46. The molecule has 1 saturated heterocycles. The molecule has 0 radical (unpaired) electrons. The second-order valence-electron chi connectivity index (χ2n) is 6.62. The predicted octanol–water partition coefficient (Wildman–Crippen LogP) is 0.123. The number of hydrogen-bond acceptors (Lipinski definition) is 7. The molecule has 27 heavy (non-hydrogen) atoms. The van der Waals surface area contributed by atoms with Gasteiger partial charge in [0.2, 0.25) is 5.91 Å². The van der Waals surface area contributed by atoms with Crippen molar-refractivity contribution < 1.29 is 4.79 Å². The second-order valence-corrected chi connectivity index (χ2v) is 6.62. The van der Waals surface area contributed by atoms with Crippen LogP contribution in [0.5, 0.6) is 0 Å². The zero-order chi connectivity index (χ0) is 18.8. The molecule has 1 N–H and O–H groups in total. The fourth-order valence-corrected chi connectivity index (χ4v) is 3.12. The number of aromatic nitrogens is 7. The number of carbonyl (C=O) groups excluding carboxylic acids is 1. The largest absolute Gasteiger partial charge is 0.355 e. The van der Waals surface area contributed by atoms with E-state index in [0.29, 0.717) is 32.0 Å². The molecule has 1 fully saturated rings. The van der Waals surface area contributed by atoms with Gasteiger partial charge in [-0.05, 0) is 19.9 Å². The molecular weight excluding hydrogens is 346 g/mol. The molecule has 0 bridgehead atoms. The van der Waals surface area contributed by atoms with Crippen LogP contribution in [0.1, 0.15) is 11.4 Å². The molecule has 1 amide bonds. The zero-order valence-corrected chi connectivity index (χ0v) is 15.3. The number of aryl methyl sites for hydroxylation is 2. The number of rotatable bonds is 6. The van der Waals surface area contributed by atoms with Gasteiger partial charge in [-0.15, -0.1) is 0 Å². The Hall–Kier alpha value is -3.30. The molecule has 0 aromatic carbocycles. The van der Waals surface area contributed by atoms with Gasteiger partial charge in [-0.25, -0.2) is 19.6 Å². The van der Waals surface area contributed by atoms with Gasteiger partial charge in [0.25, 0.3) is 0 Å². The minimum absolute atomic E-state index is 0.0322. The first-order valence-electron chi connectivity index (χ1n) is 8.81. The lowest BCUT2D eigenvalue weighted by Crippen LogP contribution is -2.54. The van der Waals surface area contributed by atoms with Gasteiger partial charge in [0.15, 0.2) is 5.82 Å². The highest BCUT2D eigenvalue weighted by Gasteiger charge is 2.33. The van der Waals surface area contributed by atoms with Crippen LogP contribution in [0.15, 0.2) is 31.1 Å². The van der Waals surface area contributed by atoms with Crippen LogP contribution >= 0.6 is 0 Å². The molecule has 10 nitrogen and oxygen atoms in total. The molecule has 1 aliphatic rings. The molecule has 0 saturated carbocycles. The number of nitrogens with one attached hydrogen (secondary N) is 1. The predicted molar refractivity (Wildman–Crippen MR) is 97.4 cm³/mol. The normalized spacial score (nSPS) is 14.2. The highest BCUT2D eigenvalue weighted by Crippen LogP contribution is 2.23. The third-order valence-corrected chi connectivity index (χ3v) is 4.59. The standard InChI is InChI=1S/C17H21N9O/c1-12-5-13(2)25(23-12)4-3-19-17(27)14-7-24(8-14)15-6-16(21-10-20-15)26-11-18-9-22-26/h5-6,9-11,14H,3-4,7-8H2,1-2H3,(H,19,27). The molecule has 0 aliphatic carbocycles. The Bertz CT molecular complexity index is 928. The van der Waals surface area contributed by atoms with Gasteiger partial charge < -0.3 is 10.2 Å². The number of anilines is 1. The molecule has 4 heterocycles. The van der Waals surface area contributed by atoms with Crippen molar-refractivity contribution in [3.05, 3.63) is 42.5 Å². The fraction of sp³-hybridized carbons (Fsp3) is 0.412. The Kier molecular flexibility index (Phi) is 4.53. The highest BCUT2D eigenvalue weighted by atomic mass is 16.2. The van der Waals surface area contributed by atoms with E-state index in [9.17, 15) is 4.79 Å². The maximum Gasteiger partial charge on any atom is 0.226 e. The van der Waals surface area contributed by atoms with Crippen molar-refractivity contribution in [2.24, 2.45) is 5.92 Å². The van der Waals surface area contributed by atoms with E-state index in [2.05, 4.69) is 30.5 Å². The third kappa shape index (κ3) is 3.64. The maximum absolute atomic E-state index is 12.3. The second kappa shape index (κ2) is 7.14. The number of amides is 1. The lowest BCUT2D eigenvalue weighted by Gasteiger charge is -2.39. The van der Waals surface area contributed by atoms with Gasteiger partial charge in [-0.3, -0.25) is 9.48 Å². The minimum Gasteiger partial charge on any atom is -0.355 e. The van der Waals surface area contributed by atoms with Crippen LogP contribution in [0.25, 0.3) is 5.82 Å². The Morgan fingerprint density at radius 3 is 2.70 bits per heavy atom. The van der Waals surface area contributed by atoms with E-state index < -0.39 is 0 Å². The topological polar surface area (TPSA) is 107 Å². The van der Waals surface area contributed by atoms with Gasteiger partial charge in [-0.1, -0.05) is 0 Å². The Balaban J connectivity index is 1.27. The van der Waals surface area contributed by atoms with Gasteiger partial charge >= 0.3 is 0 Å². The first-order valence-corrected chi connectivity index (χ1v) is 8.81. The van der Waals surface area contributed by atoms with Gasteiger partial charge in [0.1, 0.15) is 24.8 Å². The molecule has 1 aliphatic heterocycles. The summed E-state index contributed by atoms with van der Waals surface area (Å²) in [5, 5.41) is 11.5. The first kappa shape index (κ1) is 17.1. The van der Waals surface area contributed by atoms with E-state index in [0.717, 1.165) is 17.2 Å². The lowest BCUT2D eigenvalue weighted by atomic mass is 9.99. The van der Waals surface area contributed by atoms with Crippen molar-refractivity contribution >= 4 is 11.7 Å². The SMILES string of the molecule is Cc1cc(C)n(CCNC(=O)C2CN(c3cc(-n4cncn4)ncn3)C2)n1. The first-order chi connectivity index (χ1) is 13.1. The Morgan fingerprint density at radius 2 is 2.00 bits per heavy atom. The molecule has 0 atom stereocenters. The van der Waals surface area contributed by atoms with Crippen molar-refractivity contribution in [3.8, 4) is 5.82 Å². The van der Waals surface area contributed by atoms with Gasteiger partial charge in [0, 0.05) is 31.4 Å². The van der Waals surface area contributed by atoms with Crippen molar-refractivity contribution in [2.75, 3.05) is 24.5 Å². The average molecular weight is 367 g/mol. The van der Waals surface area contributed by atoms with Crippen molar-refractivity contribution in [1.82, 2.24) is 39.8 Å². The summed E-state index contributed by atoms with van der Waals surface area (Å²) < 4.78 is 3.49. The van der Waals surface area contributed by atoms with Crippen LogP contribution in [0.2, 0.25) is 0 Å². The van der Waals surface area contributed by atoms with Gasteiger partial charge in [-0.2, -0.15) is 10.2 Å². The van der Waals surface area contributed by atoms with Crippen LogP contribution in [-0.2, 0) is 11.3 Å². The Morgan fingerprint density at radius 1 is 1.19 bits per heavy atom. The highest BCUT2D eigenvalue weighted by molar-refractivity contribution is 5.81. The molecule has 10 heteroatoms. The van der Waals surface area contributed by atoms with E-state index >= 15 is 0 Å². The van der Waals surface area contributed by atoms with Crippen molar-refractivity contribution in [1.29, 1.82) is 0 Å². The number of carbonyl (C=O) groups is 1. The Labute approximate surface area is 156 Å². The maximum atomic E-state index is 12.3. The smallest absolute Gasteiger partial charge is 0.226 e. The van der Waals surface area contributed by atoms with Crippen LogP contribution in [0.4, 0.5) is 5.82 Å². The third-order valence-electron chi connectivity index (χ3n) is 4.59. The van der Waals surface area contributed by atoms with E-state index in [1.165, 1.54) is 12.7 Å². The molecule has 3 aromatic rings. The van der Waals surface area contributed by atoms with Crippen LogP contribution < -0.4 is 10.2 Å². The lowest BCUT2D eigenvalue weighted by molar-refractivity contribution is -0.125. The fourth-order valence-electron chi connectivity index (χ4n) is 3.12. The van der Waals surface area contributed by atoms with E-state index in [1.54, 1.807) is 11.0 Å². The summed E-state index contributed by atoms with van der Waals surface area (Å²) >= 11 is 0. The number of hydrogen-bond donors (Lipinski definition) is 1. The quantitative estimate of drug-likeness (QED) is 0.659. The molecule has 4 rings (SSSR count). The monoisotopic (exact) mass is 367 g/mol. The minimum atomic E-state index is -0.0322. The molecule has 0 unspecified atom stereocenters. The summed E-state index contributed by atoms with van der Waals surface area (Å²) in [5.41, 5.74) is 2.09. The van der Waals surface area contributed by atoms with E-state index in [1.807, 2.05) is 35.6 Å². The number of nitrogens with zero attached hydrogens (tertiary/aromatic N) is 8. The summed E-state index contributed by atoms with van der Waals surface area (Å²) in [7, 11) is 0. The molecule has 0 spiro atoms. The van der Waals surface area contributed by atoms with Gasteiger partial charge in [0.05, 0.1) is 18.2 Å². The summed E-state index contributed by atoms with van der Waals surface area (Å²) in [6.07, 6.45) is 4.53. The molecule has 140 valence electrons. The summed E-state index contributed by atoms with van der Waals surface area (Å²) in [4.78, 5) is 26.8. The van der Waals surface area contributed by atoms with E-state index in [-0.39, 0.29) is 11.8 Å². The van der Waals surface area contributed by atoms with Crippen molar-refractivity contribution in [2.45, 2.75) is 20.4 Å². The van der Waals surface area contributed by atoms with Crippen LogP contribution in [0, 0.1) is 19.8 Å². The molecule has 3 aromatic heterocycles.